The molecule has 1 aromatic heterocycles. The van der Waals surface area contributed by atoms with Gasteiger partial charge in [0.15, 0.2) is 0 Å². The van der Waals surface area contributed by atoms with Gasteiger partial charge in [-0.25, -0.2) is 21.9 Å². The van der Waals surface area contributed by atoms with Crippen LogP contribution in [0.15, 0.2) is 59.6 Å². The summed E-state index contributed by atoms with van der Waals surface area (Å²) in [7, 11) is -3.88. The minimum atomic E-state index is -3.88. The van der Waals surface area contributed by atoms with Crippen LogP contribution < -0.4 is 4.72 Å². The van der Waals surface area contributed by atoms with Crippen LogP contribution in [0.4, 0.5) is 8.78 Å². The van der Waals surface area contributed by atoms with Crippen LogP contribution in [0.25, 0.3) is 11.3 Å². The molecule has 1 fully saturated rings. The van der Waals surface area contributed by atoms with Crippen molar-refractivity contribution in [2.24, 2.45) is 0 Å². The van der Waals surface area contributed by atoms with Gasteiger partial charge in [0.1, 0.15) is 17.3 Å². The molecule has 33 heavy (non-hydrogen) atoms. The third-order valence-corrected chi connectivity index (χ3v) is 7.07. The summed E-state index contributed by atoms with van der Waals surface area (Å²) in [6.45, 7) is 0.150. The number of aliphatic hydroxyl groups is 1. The van der Waals surface area contributed by atoms with Gasteiger partial charge in [0, 0.05) is 12.1 Å². The quantitative estimate of drug-likeness (QED) is 0.515. The first-order valence-corrected chi connectivity index (χ1v) is 12.0. The Morgan fingerprint density at radius 3 is 2.64 bits per heavy atom. The van der Waals surface area contributed by atoms with Gasteiger partial charge in [-0.15, -0.1) is 5.10 Å². The highest BCUT2D eigenvalue weighted by Gasteiger charge is 2.34. The zero-order valence-electron chi connectivity index (χ0n) is 17.6. The van der Waals surface area contributed by atoms with Crippen LogP contribution in [-0.2, 0) is 21.3 Å². The summed E-state index contributed by atoms with van der Waals surface area (Å²) in [5.41, 5.74) is 1.19. The van der Waals surface area contributed by atoms with Gasteiger partial charge in [-0.1, -0.05) is 17.3 Å². The van der Waals surface area contributed by atoms with Gasteiger partial charge in [0.2, 0.25) is 10.0 Å². The summed E-state index contributed by atoms with van der Waals surface area (Å²) < 4.78 is 61.8. The van der Waals surface area contributed by atoms with Gasteiger partial charge in [-0.05, 0) is 55.7 Å². The molecule has 176 valence electrons. The van der Waals surface area contributed by atoms with Gasteiger partial charge >= 0.3 is 0 Å². The molecule has 0 amide bonds. The second-order valence-corrected chi connectivity index (χ2v) is 9.62. The van der Waals surface area contributed by atoms with Crippen molar-refractivity contribution in [1.29, 1.82) is 0 Å². The lowest BCUT2D eigenvalue weighted by Gasteiger charge is -2.36. The van der Waals surface area contributed by atoms with Crippen LogP contribution >= 0.6 is 0 Å². The molecular formula is C22H24F2N4O4S. The van der Waals surface area contributed by atoms with E-state index in [9.17, 15) is 22.3 Å². The first-order valence-electron chi connectivity index (χ1n) is 10.5. The Morgan fingerprint density at radius 1 is 1.12 bits per heavy atom. The lowest BCUT2D eigenvalue weighted by Crippen LogP contribution is -2.50. The number of sulfonamides is 1. The Bertz CT molecular complexity index is 1190. The Morgan fingerprint density at radius 2 is 1.91 bits per heavy atom. The van der Waals surface area contributed by atoms with Gasteiger partial charge in [-0.3, -0.25) is 4.68 Å². The van der Waals surface area contributed by atoms with Crippen molar-refractivity contribution in [2.75, 3.05) is 6.61 Å². The Labute approximate surface area is 190 Å². The standard InChI is InChI=1S/C22H24F2N4O4S/c23-16-4-7-19(8-5-16)33(30,31)26-20-9-6-18(32-22(20)14-29)10-11-28-13-21(25-27-28)15-2-1-3-17(24)12-15/h1-5,7-8,12-13,18,20,22,26,29H,6,9-11,14H2/t18-,20+,22-/m0/s1. The fourth-order valence-corrected chi connectivity index (χ4v) is 5.12. The predicted octanol–water partition coefficient (Wildman–Crippen LogP) is 2.50. The number of aliphatic hydroxyl groups excluding tert-OH is 1. The lowest BCUT2D eigenvalue weighted by atomic mass is 9.98. The molecule has 2 aromatic carbocycles. The Hall–Kier alpha value is -2.73. The highest BCUT2D eigenvalue weighted by Crippen LogP contribution is 2.24. The number of rotatable bonds is 8. The molecule has 1 aliphatic heterocycles. The van der Waals surface area contributed by atoms with Gasteiger partial charge in [-0.2, -0.15) is 0 Å². The molecule has 2 N–H and O–H groups in total. The predicted molar refractivity (Wildman–Crippen MR) is 116 cm³/mol. The van der Waals surface area contributed by atoms with E-state index in [4.69, 9.17) is 4.74 Å². The van der Waals surface area contributed by atoms with E-state index < -0.39 is 28.0 Å². The Kier molecular flexibility index (Phi) is 7.13. The maximum absolute atomic E-state index is 13.4. The molecule has 0 saturated carbocycles. The molecule has 3 aromatic rings. The molecule has 4 rings (SSSR count). The molecule has 0 unspecified atom stereocenters. The average molecular weight is 479 g/mol. The van der Waals surface area contributed by atoms with Crippen molar-refractivity contribution in [2.45, 2.75) is 49.0 Å². The second kappa shape index (κ2) is 10.0. The Balaban J connectivity index is 1.33. The monoisotopic (exact) mass is 478 g/mol. The summed E-state index contributed by atoms with van der Waals surface area (Å²) in [5.74, 6) is -0.876. The first kappa shape index (κ1) is 23.4. The second-order valence-electron chi connectivity index (χ2n) is 7.90. The number of nitrogens with zero attached hydrogens (tertiary/aromatic N) is 3. The fourth-order valence-electron chi connectivity index (χ4n) is 3.82. The maximum Gasteiger partial charge on any atom is 0.240 e. The fraction of sp³-hybridized carbons (Fsp3) is 0.364. The van der Waals surface area contributed by atoms with E-state index in [0.717, 1.165) is 12.1 Å². The normalized spacial score (nSPS) is 21.2. The van der Waals surface area contributed by atoms with Crippen LogP contribution in [0.3, 0.4) is 0 Å². The van der Waals surface area contributed by atoms with Crippen molar-refractivity contribution in [3.05, 3.63) is 66.4 Å². The summed E-state index contributed by atoms with van der Waals surface area (Å²) >= 11 is 0. The lowest BCUT2D eigenvalue weighted by molar-refractivity contribution is -0.0891. The number of hydrogen-bond donors (Lipinski definition) is 2. The smallest absolute Gasteiger partial charge is 0.240 e. The van der Waals surface area contributed by atoms with E-state index in [-0.39, 0.29) is 23.4 Å². The number of ether oxygens (including phenoxy) is 1. The largest absolute Gasteiger partial charge is 0.394 e. The highest BCUT2D eigenvalue weighted by atomic mass is 32.2. The molecule has 3 atom stereocenters. The summed E-state index contributed by atoms with van der Waals surface area (Å²) in [4.78, 5) is -0.0528. The molecule has 0 spiro atoms. The zero-order valence-corrected chi connectivity index (χ0v) is 18.5. The van der Waals surface area contributed by atoms with Crippen LogP contribution in [0.1, 0.15) is 19.3 Å². The molecule has 0 radical (unpaired) electrons. The van der Waals surface area contributed by atoms with Gasteiger partial charge < -0.3 is 9.84 Å². The molecular weight excluding hydrogens is 454 g/mol. The molecule has 0 aliphatic carbocycles. The first-order chi connectivity index (χ1) is 15.8. The molecule has 1 aliphatic rings. The number of benzene rings is 2. The van der Waals surface area contributed by atoms with Crippen molar-refractivity contribution >= 4 is 10.0 Å². The van der Waals surface area contributed by atoms with Crippen LogP contribution in [0.5, 0.6) is 0 Å². The number of nitrogens with one attached hydrogen (secondary N) is 1. The molecule has 8 nitrogen and oxygen atoms in total. The summed E-state index contributed by atoms with van der Waals surface area (Å²) in [5, 5.41) is 17.9. The molecule has 0 bridgehead atoms. The van der Waals surface area contributed by atoms with Crippen LogP contribution in [-0.4, -0.2) is 53.4 Å². The van der Waals surface area contributed by atoms with Gasteiger partial charge in [0.05, 0.1) is 35.9 Å². The molecule has 2 heterocycles. The number of hydrogen-bond acceptors (Lipinski definition) is 6. The molecule has 11 heteroatoms. The molecule has 1 saturated heterocycles. The van der Waals surface area contributed by atoms with E-state index >= 15 is 0 Å². The maximum atomic E-state index is 13.4. The van der Waals surface area contributed by atoms with Crippen molar-refractivity contribution < 1.29 is 27.0 Å². The third-order valence-electron chi connectivity index (χ3n) is 5.57. The van der Waals surface area contributed by atoms with Crippen LogP contribution in [0, 0.1) is 11.6 Å². The summed E-state index contributed by atoms with van der Waals surface area (Å²) in [6, 6.07) is 10.0. The van der Waals surface area contributed by atoms with E-state index in [2.05, 4.69) is 15.0 Å². The van der Waals surface area contributed by atoms with E-state index in [1.807, 2.05) is 0 Å². The van der Waals surface area contributed by atoms with Crippen LogP contribution in [0.2, 0.25) is 0 Å². The average Bonchev–Trinajstić information content (AvgIpc) is 3.28. The zero-order chi connectivity index (χ0) is 23.4. The van der Waals surface area contributed by atoms with Gasteiger partial charge in [0.25, 0.3) is 0 Å². The topological polar surface area (TPSA) is 106 Å². The van der Waals surface area contributed by atoms with E-state index in [1.165, 1.54) is 24.3 Å². The van der Waals surface area contributed by atoms with E-state index in [1.54, 1.807) is 23.0 Å². The number of aromatic nitrogens is 3. The summed E-state index contributed by atoms with van der Waals surface area (Å²) in [6.07, 6.45) is 2.45. The van der Waals surface area contributed by atoms with E-state index in [0.29, 0.717) is 37.1 Å². The number of halogens is 2. The minimum absolute atomic E-state index is 0.0528. The minimum Gasteiger partial charge on any atom is -0.394 e. The van der Waals surface area contributed by atoms with Crippen molar-refractivity contribution in [3.63, 3.8) is 0 Å². The SMILES string of the molecule is O=S(=O)(N[C@@H]1CC[C@@H](CCn2cc(-c3cccc(F)c3)nn2)O[C@H]1CO)c1ccc(F)cc1. The van der Waals surface area contributed by atoms with Crippen molar-refractivity contribution in [3.8, 4) is 11.3 Å². The number of aryl methyl sites for hydroxylation is 1. The third kappa shape index (κ3) is 5.80. The van der Waals surface area contributed by atoms with Crippen molar-refractivity contribution in [1.82, 2.24) is 19.7 Å². The highest BCUT2D eigenvalue weighted by molar-refractivity contribution is 7.89.